The van der Waals surface area contributed by atoms with Gasteiger partial charge in [0.1, 0.15) is 6.04 Å². The number of aliphatic carboxylic acids is 1. The number of carboxylic acid groups (broad SMARTS) is 1. The molecule has 1 rings (SSSR count). The average molecular weight is 243 g/mol. The van der Waals surface area contributed by atoms with Crippen molar-refractivity contribution in [2.45, 2.75) is 12.5 Å². The van der Waals surface area contributed by atoms with Gasteiger partial charge in [-0.2, -0.15) is 0 Å². The Morgan fingerprint density at radius 2 is 2.44 bits per heavy atom. The Morgan fingerprint density at radius 3 is 2.94 bits per heavy atom. The summed E-state index contributed by atoms with van der Waals surface area (Å²) in [6.07, 6.45) is 0.877. The van der Waals surface area contributed by atoms with Gasteiger partial charge in [-0.15, -0.1) is 11.3 Å². The molecule has 16 heavy (non-hydrogen) atoms. The number of methoxy groups -OCH3 is 1. The highest BCUT2D eigenvalue weighted by atomic mass is 32.1. The standard InChI is InChI=1S/C11H17NO3S/c1-12(10(8-15-2)11(13)14)6-5-9-4-3-7-16-9/h3-4,7,10H,5-6,8H2,1-2H3,(H,13,14). The van der Waals surface area contributed by atoms with Crippen LogP contribution in [0.1, 0.15) is 4.88 Å². The maximum absolute atomic E-state index is 11.0. The molecule has 1 N–H and O–H groups in total. The van der Waals surface area contributed by atoms with Crippen molar-refractivity contribution in [1.82, 2.24) is 4.90 Å². The van der Waals surface area contributed by atoms with Crippen LogP contribution in [0.5, 0.6) is 0 Å². The molecule has 0 aliphatic rings. The highest BCUT2D eigenvalue weighted by Crippen LogP contribution is 2.10. The number of carbonyl (C=O) groups is 1. The van der Waals surface area contributed by atoms with E-state index in [4.69, 9.17) is 9.84 Å². The van der Waals surface area contributed by atoms with Crippen molar-refractivity contribution in [3.05, 3.63) is 22.4 Å². The lowest BCUT2D eigenvalue weighted by Gasteiger charge is -2.23. The molecule has 1 heterocycles. The van der Waals surface area contributed by atoms with E-state index in [1.54, 1.807) is 11.3 Å². The van der Waals surface area contributed by atoms with Crippen LogP contribution in [0.15, 0.2) is 17.5 Å². The summed E-state index contributed by atoms with van der Waals surface area (Å²) >= 11 is 1.69. The van der Waals surface area contributed by atoms with E-state index in [1.807, 2.05) is 23.4 Å². The SMILES string of the molecule is COCC(C(=O)O)N(C)CCc1cccs1. The van der Waals surface area contributed by atoms with Gasteiger partial charge >= 0.3 is 5.97 Å². The molecular formula is C11H17NO3S. The number of likely N-dealkylation sites (N-methyl/N-ethyl adjacent to an activating group) is 1. The molecule has 1 aromatic rings. The summed E-state index contributed by atoms with van der Waals surface area (Å²) < 4.78 is 4.90. The number of rotatable bonds is 7. The molecule has 0 aliphatic heterocycles. The van der Waals surface area contributed by atoms with Crippen LogP contribution in [-0.4, -0.2) is 49.3 Å². The van der Waals surface area contributed by atoms with E-state index in [9.17, 15) is 4.79 Å². The molecule has 1 atom stereocenters. The quantitative estimate of drug-likeness (QED) is 0.784. The molecule has 0 fully saturated rings. The molecule has 0 spiro atoms. The molecular weight excluding hydrogens is 226 g/mol. The molecule has 0 aliphatic carbocycles. The fourth-order valence-electron chi connectivity index (χ4n) is 1.44. The molecule has 0 aromatic carbocycles. The Morgan fingerprint density at radius 1 is 1.69 bits per heavy atom. The summed E-state index contributed by atoms with van der Waals surface area (Å²) in [6, 6.07) is 3.50. The maximum Gasteiger partial charge on any atom is 0.323 e. The van der Waals surface area contributed by atoms with Crippen LogP contribution in [0, 0.1) is 0 Å². The van der Waals surface area contributed by atoms with Crippen molar-refractivity contribution in [3.8, 4) is 0 Å². The zero-order chi connectivity index (χ0) is 12.0. The van der Waals surface area contributed by atoms with Gasteiger partial charge in [0.2, 0.25) is 0 Å². The van der Waals surface area contributed by atoms with Crippen LogP contribution >= 0.6 is 11.3 Å². The van der Waals surface area contributed by atoms with E-state index in [-0.39, 0.29) is 6.61 Å². The van der Waals surface area contributed by atoms with Crippen molar-refractivity contribution in [2.75, 3.05) is 27.3 Å². The number of ether oxygens (including phenoxy) is 1. The van der Waals surface area contributed by atoms with E-state index in [0.717, 1.165) is 13.0 Å². The van der Waals surface area contributed by atoms with Crippen LogP contribution in [0.4, 0.5) is 0 Å². The van der Waals surface area contributed by atoms with Gasteiger partial charge in [0, 0.05) is 18.5 Å². The third-order valence-electron chi connectivity index (χ3n) is 2.43. The number of hydrogen-bond donors (Lipinski definition) is 1. The Hall–Kier alpha value is -0.910. The second kappa shape index (κ2) is 6.62. The normalized spacial score (nSPS) is 12.9. The molecule has 90 valence electrons. The van der Waals surface area contributed by atoms with E-state index < -0.39 is 12.0 Å². The zero-order valence-corrected chi connectivity index (χ0v) is 10.4. The highest BCUT2D eigenvalue weighted by molar-refractivity contribution is 7.09. The smallest absolute Gasteiger partial charge is 0.323 e. The minimum atomic E-state index is -0.837. The fourth-order valence-corrected chi connectivity index (χ4v) is 2.14. The number of hydrogen-bond acceptors (Lipinski definition) is 4. The van der Waals surface area contributed by atoms with Crippen molar-refractivity contribution in [1.29, 1.82) is 0 Å². The fraction of sp³-hybridized carbons (Fsp3) is 0.545. The summed E-state index contributed by atoms with van der Waals surface area (Å²) in [5, 5.41) is 11.0. The molecule has 0 saturated carbocycles. The summed E-state index contributed by atoms with van der Waals surface area (Å²) in [4.78, 5) is 14.1. The van der Waals surface area contributed by atoms with Gasteiger partial charge < -0.3 is 9.84 Å². The first-order valence-electron chi connectivity index (χ1n) is 5.09. The number of thiophene rings is 1. The summed E-state index contributed by atoms with van der Waals surface area (Å²) in [7, 11) is 3.33. The Kier molecular flexibility index (Phi) is 5.45. The first-order chi connectivity index (χ1) is 7.65. The van der Waals surface area contributed by atoms with E-state index in [2.05, 4.69) is 6.07 Å². The summed E-state index contributed by atoms with van der Waals surface area (Å²) in [6.45, 7) is 0.942. The van der Waals surface area contributed by atoms with Gasteiger partial charge in [-0.1, -0.05) is 6.07 Å². The van der Waals surface area contributed by atoms with Crippen LogP contribution in [0.2, 0.25) is 0 Å². The molecule has 4 nitrogen and oxygen atoms in total. The summed E-state index contributed by atoms with van der Waals surface area (Å²) in [5.41, 5.74) is 0. The molecule has 1 unspecified atom stereocenters. The van der Waals surface area contributed by atoms with Crippen LogP contribution in [-0.2, 0) is 16.0 Å². The van der Waals surface area contributed by atoms with Gasteiger partial charge in [0.15, 0.2) is 0 Å². The third kappa shape index (κ3) is 3.92. The van der Waals surface area contributed by atoms with E-state index in [1.165, 1.54) is 12.0 Å². The van der Waals surface area contributed by atoms with Crippen molar-refractivity contribution < 1.29 is 14.6 Å². The van der Waals surface area contributed by atoms with Gasteiger partial charge in [0.05, 0.1) is 6.61 Å². The number of nitrogens with zero attached hydrogens (tertiary/aromatic N) is 1. The molecule has 0 radical (unpaired) electrons. The zero-order valence-electron chi connectivity index (χ0n) is 9.55. The summed E-state index contributed by atoms with van der Waals surface area (Å²) in [5.74, 6) is -0.837. The molecule has 0 saturated heterocycles. The van der Waals surface area contributed by atoms with Crippen LogP contribution in [0.3, 0.4) is 0 Å². The first kappa shape index (κ1) is 13.2. The molecule has 1 aromatic heterocycles. The third-order valence-corrected chi connectivity index (χ3v) is 3.37. The van der Waals surface area contributed by atoms with Gasteiger partial charge in [-0.3, -0.25) is 9.69 Å². The van der Waals surface area contributed by atoms with Crippen molar-refractivity contribution >= 4 is 17.3 Å². The van der Waals surface area contributed by atoms with Crippen molar-refractivity contribution in [3.63, 3.8) is 0 Å². The lowest BCUT2D eigenvalue weighted by atomic mass is 10.2. The highest BCUT2D eigenvalue weighted by Gasteiger charge is 2.21. The topological polar surface area (TPSA) is 49.8 Å². The Labute approximate surface area is 99.5 Å². The lowest BCUT2D eigenvalue weighted by Crippen LogP contribution is -2.42. The monoisotopic (exact) mass is 243 g/mol. The molecule has 0 bridgehead atoms. The van der Waals surface area contributed by atoms with Gasteiger partial charge in [0.25, 0.3) is 0 Å². The van der Waals surface area contributed by atoms with Gasteiger partial charge in [-0.05, 0) is 24.9 Å². The first-order valence-corrected chi connectivity index (χ1v) is 5.97. The van der Waals surface area contributed by atoms with E-state index >= 15 is 0 Å². The lowest BCUT2D eigenvalue weighted by molar-refractivity contribution is -0.144. The van der Waals surface area contributed by atoms with Crippen LogP contribution < -0.4 is 0 Å². The van der Waals surface area contributed by atoms with E-state index in [0.29, 0.717) is 0 Å². The van der Waals surface area contributed by atoms with Crippen molar-refractivity contribution in [2.24, 2.45) is 0 Å². The predicted molar refractivity (Wildman–Crippen MR) is 64.0 cm³/mol. The second-order valence-corrected chi connectivity index (χ2v) is 4.65. The van der Waals surface area contributed by atoms with Crippen LogP contribution in [0.25, 0.3) is 0 Å². The Bertz CT molecular complexity index is 313. The Balaban J connectivity index is 2.42. The molecule has 0 amide bonds. The minimum absolute atomic E-state index is 0.219. The average Bonchev–Trinajstić information content (AvgIpc) is 2.75. The molecule has 5 heteroatoms. The second-order valence-electron chi connectivity index (χ2n) is 3.62. The maximum atomic E-state index is 11.0. The minimum Gasteiger partial charge on any atom is -0.480 e. The largest absolute Gasteiger partial charge is 0.480 e. The predicted octanol–water partition coefficient (Wildman–Crippen LogP) is 1.32. The number of carboxylic acids is 1. The van der Waals surface area contributed by atoms with Gasteiger partial charge in [-0.25, -0.2) is 0 Å².